The smallest absolute Gasteiger partial charge is 0.295 e. The quantitative estimate of drug-likeness (QED) is 0.603. The van der Waals surface area contributed by atoms with Gasteiger partial charge in [0.15, 0.2) is 11.5 Å². The normalized spacial score (nSPS) is 20.1. The first-order chi connectivity index (χ1) is 15.3. The van der Waals surface area contributed by atoms with Gasteiger partial charge in [0.1, 0.15) is 5.52 Å². The molecule has 176 valence electrons. The summed E-state index contributed by atoms with van der Waals surface area (Å²) in [5.41, 5.74) is 0.836. The van der Waals surface area contributed by atoms with E-state index in [2.05, 4.69) is 20.3 Å². The fraction of sp³-hybridized carbons (Fsp3) is 0.714. The molecule has 1 atom stereocenters. The van der Waals surface area contributed by atoms with Crippen LogP contribution in [0, 0.1) is 11.8 Å². The van der Waals surface area contributed by atoms with Crippen LogP contribution in [-0.2, 0) is 10.0 Å². The molecule has 9 nitrogen and oxygen atoms in total. The molecule has 1 saturated carbocycles. The van der Waals surface area contributed by atoms with Crippen LogP contribution >= 0.6 is 11.6 Å². The molecule has 2 aromatic heterocycles. The molecule has 1 saturated heterocycles. The molecule has 0 aromatic carbocycles. The molecule has 2 aliphatic rings. The number of nitrogens with one attached hydrogen (secondary N) is 1. The summed E-state index contributed by atoms with van der Waals surface area (Å²) < 4.78 is 27.7. The summed E-state index contributed by atoms with van der Waals surface area (Å²) in [7, 11) is -3.14. The van der Waals surface area contributed by atoms with Crippen LogP contribution in [0.25, 0.3) is 11.2 Å². The second kappa shape index (κ2) is 9.61. The standard InChI is InChI=1S/C21H31ClN6O3S/c1-3-32(30,31)27-10-4-6-15(7-5-11-27)12-23-18-20(29)28(14(2)16-8-9-16)19-17(25-18)13-24-21(22)26-19/h13-16H,3-12H2,1-2H3,(H,23,25)/t14-/m0/s1. The third-order valence-corrected chi connectivity index (χ3v) is 8.73. The molecule has 1 N–H and O–H groups in total. The Morgan fingerprint density at radius 2 is 1.88 bits per heavy atom. The lowest BCUT2D eigenvalue weighted by molar-refractivity contribution is 0.320. The van der Waals surface area contributed by atoms with E-state index in [1.54, 1.807) is 22.0 Å². The van der Waals surface area contributed by atoms with Crippen molar-refractivity contribution in [2.75, 3.05) is 30.7 Å². The summed E-state index contributed by atoms with van der Waals surface area (Å²) in [6, 6.07) is 0.0207. The van der Waals surface area contributed by atoms with Crippen LogP contribution in [0.2, 0.25) is 5.28 Å². The van der Waals surface area contributed by atoms with Crippen molar-refractivity contribution < 1.29 is 8.42 Å². The Labute approximate surface area is 193 Å². The summed E-state index contributed by atoms with van der Waals surface area (Å²) in [6.45, 7) is 5.48. The van der Waals surface area contributed by atoms with Crippen molar-refractivity contribution in [1.29, 1.82) is 0 Å². The van der Waals surface area contributed by atoms with Crippen LogP contribution in [-0.4, -0.2) is 57.6 Å². The summed E-state index contributed by atoms with van der Waals surface area (Å²) in [4.78, 5) is 26.1. The lowest BCUT2D eigenvalue weighted by Crippen LogP contribution is -2.36. The van der Waals surface area contributed by atoms with Crippen molar-refractivity contribution >= 4 is 38.6 Å². The molecule has 0 bridgehead atoms. The van der Waals surface area contributed by atoms with E-state index >= 15 is 0 Å². The summed E-state index contributed by atoms with van der Waals surface area (Å²) >= 11 is 6.00. The maximum Gasteiger partial charge on any atom is 0.295 e. The zero-order valence-corrected chi connectivity index (χ0v) is 20.2. The minimum absolute atomic E-state index is 0.0207. The number of hydrogen-bond donors (Lipinski definition) is 1. The highest BCUT2D eigenvalue weighted by atomic mass is 35.5. The van der Waals surface area contributed by atoms with Gasteiger partial charge in [-0.2, -0.15) is 4.98 Å². The fourth-order valence-electron chi connectivity index (χ4n) is 4.54. The van der Waals surface area contributed by atoms with Crippen molar-refractivity contribution in [1.82, 2.24) is 23.8 Å². The lowest BCUT2D eigenvalue weighted by Gasteiger charge is -2.27. The number of anilines is 1. The van der Waals surface area contributed by atoms with E-state index in [-0.39, 0.29) is 22.6 Å². The predicted molar refractivity (Wildman–Crippen MR) is 126 cm³/mol. The average molecular weight is 483 g/mol. The Morgan fingerprint density at radius 1 is 1.19 bits per heavy atom. The van der Waals surface area contributed by atoms with Crippen LogP contribution in [0.1, 0.15) is 58.4 Å². The van der Waals surface area contributed by atoms with Crippen molar-refractivity contribution in [2.24, 2.45) is 11.8 Å². The van der Waals surface area contributed by atoms with Crippen LogP contribution in [0.3, 0.4) is 0 Å². The van der Waals surface area contributed by atoms with Gasteiger partial charge in [-0.15, -0.1) is 0 Å². The zero-order valence-electron chi connectivity index (χ0n) is 18.6. The molecule has 0 radical (unpaired) electrons. The van der Waals surface area contributed by atoms with E-state index in [1.165, 1.54) is 0 Å². The van der Waals surface area contributed by atoms with Gasteiger partial charge in [-0.25, -0.2) is 22.7 Å². The minimum atomic E-state index is -3.14. The third kappa shape index (κ3) is 5.07. The van der Waals surface area contributed by atoms with Crippen molar-refractivity contribution in [3.8, 4) is 0 Å². The maximum atomic E-state index is 13.3. The first-order valence-electron chi connectivity index (χ1n) is 11.5. The van der Waals surface area contributed by atoms with Crippen LogP contribution in [0.15, 0.2) is 11.0 Å². The van der Waals surface area contributed by atoms with Gasteiger partial charge in [0.05, 0.1) is 11.9 Å². The van der Waals surface area contributed by atoms with Crippen LogP contribution in [0.5, 0.6) is 0 Å². The van der Waals surface area contributed by atoms with E-state index in [9.17, 15) is 13.2 Å². The molecule has 0 unspecified atom stereocenters. The number of sulfonamides is 1. The number of hydrogen-bond acceptors (Lipinski definition) is 7. The summed E-state index contributed by atoms with van der Waals surface area (Å²) in [6.07, 6.45) is 7.20. The largest absolute Gasteiger partial charge is 0.365 e. The van der Waals surface area contributed by atoms with E-state index in [0.717, 1.165) is 38.5 Å². The maximum absolute atomic E-state index is 13.3. The van der Waals surface area contributed by atoms with E-state index < -0.39 is 10.0 Å². The molecule has 2 aromatic rings. The molecule has 0 spiro atoms. The van der Waals surface area contributed by atoms with Crippen LogP contribution < -0.4 is 10.9 Å². The fourth-order valence-corrected chi connectivity index (χ4v) is 5.85. The Kier molecular flexibility index (Phi) is 7.02. The van der Waals surface area contributed by atoms with Crippen molar-refractivity contribution in [3.05, 3.63) is 21.8 Å². The molecule has 32 heavy (non-hydrogen) atoms. The first kappa shape index (κ1) is 23.4. The van der Waals surface area contributed by atoms with Gasteiger partial charge < -0.3 is 5.32 Å². The Hall–Kier alpha value is -1.78. The molecule has 1 aliphatic carbocycles. The molecule has 11 heteroatoms. The van der Waals surface area contributed by atoms with Crippen molar-refractivity contribution in [3.63, 3.8) is 0 Å². The second-order valence-electron chi connectivity index (χ2n) is 8.89. The third-order valence-electron chi connectivity index (χ3n) is 6.67. The van der Waals surface area contributed by atoms with Gasteiger partial charge in [-0.3, -0.25) is 9.36 Å². The van der Waals surface area contributed by atoms with E-state index in [4.69, 9.17) is 11.6 Å². The molecule has 4 rings (SSSR count). The van der Waals surface area contributed by atoms with E-state index in [1.807, 2.05) is 6.92 Å². The highest BCUT2D eigenvalue weighted by Gasteiger charge is 2.32. The molecule has 3 heterocycles. The Balaban J connectivity index is 1.49. The van der Waals surface area contributed by atoms with Gasteiger partial charge in [0, 0.05) is 25.7 Å². The Morgan fingerprint density at radius 3 is 2.50 bits per heavy atom. The monoisotopic (exact) mass is 482 g/mol. The molecule has 0 amide bonds. The molecule has 1 aliphatic heterocycles. The zero-order chi connectivity index (χ0) is 22.9. The number of halogens is 1. The van der Waals surface area contributed by atoms with E-state index in [0.29, 0.717) is 48.5 Å². The predicted octanol–water partition coefficient (Wildman–Crippen LogP) is 3.06. The SMILES string of the molecule is CCS(=O)(=O)N1CCCC(CNc2nc3cnc(Cl)nc3n([C@@H](C)C3CC3)c2=O)CCC1. The molecular weight excluding hydrogens is 452 g/mol. The first-order valence-corrected chi connectivity index (χ1v) is 13.5. The highest BCUT2D eigenvalue weighted by molar-refractivity contribution is 7.89. The van der Waals surface area contributed by atoms with Gasteiger partial charge in [0.2, 0.25) is 15.3 Å². The molecule has 2 fully saturated rings. The number of aromatic nitrogens is 4. The van der Waals surface area contributed by atoms with Gasteiger partial charge in [0.25, 0.3) is 5.56 Å². The minimum Gasteiger partial charge on any atom is -0.365 e. The van der Waals surface area contributed by atoms with Gasteiger partial charge in [-0.1, -0.05) is 0 Å². The van der Waals surface area contributed by atoms with Crippen LogP contribution in [0.4, 0.5) is 5.82 Å². The number of rotatable bonds is 7. The number of nitrogens with zero attached hydrogens (tertiary/aromatic N) is 5. The second-order valence-corrected chi connectivity index (χ2v) is 11.5. The average Bonchev–Trinajstić information content (AvgIpc) is 3.58. The van der Waals surface area contributed by atoms with Crippen molar-refractivity contribution in [2.45, 2.75) is 58.4 Å². The summed E-state index contributed by atoms with van der Waals surface area (Å²) in [5.74, 6) is 1.28. The highest BCUT2D eigenvalue weighted by Crippen LogP contribution is 2.39. The van der Waals surface area contributed by atoms with Gasteiger partial charge in [-0.05, 0) is 75.8 Å². The Bertz CT molecular complexity index is 1120. The van der Waals surface area contributed by atoms with Gasteiger partial charge >= 0.3 is 0 Å². The number of fused-ring (bicyclic) bond motifs is 1. The topological polar surface area (TPSA) is 110 Å². The molecular formula is C21H31ClN6O3S. The summed E-state index contributed by atoms with van der Waals surface area (Å²) in [5, 5.41) is 3.38. The lowest BCUT2D eigenvalue weighted by atomic mass is 9.96.